The fourth-order valence-corrected chi connectivity index (χ4v) is 3.75. The Morgan fingerprint density at radius 1 is 1.09 bits per heavy atom. The van der Waals surface area contributed by atoms with E-state index < -0.39 is 17.7 Å². The molecule has 0 bridgehead atoms. The van der Waals surface area contributed by atoms with E-state index in [1.807, 2.05) is 57.1 Å². The summed E-state index contributed by atoms with van der Waals surface area (Å²) in [6.45, 7) is 4.80. The van der Waals surface area contributed by atoms with Gasteiger partial charge in [-0.15, -0.1) is 0 Å². The number of aliphatic hydroxyl groups is 1. The summed E-state index contributed by atoms with van der Waals surface area (Å²) in [7, 11) is 5.30. The quantitative estimate of drug-likeness (QED) is 0.386. The van der Waals surface area contributed by atoms with E-state index in [9.17, 15) is 14.7 Å². The maximum absolute atomic E-state index is 13.1. The number of carbonyl (C=O) groups is 2. The third-order valence-electron chi connectivity index (χ3n) is 5.26. The van der Waals surface area contributed by atoms with Crippen molar-refractivity contribution in [3.63, 3.8) is 0 Å². The first-order valence-electron chi connectivity index (χ1n) is 10.6. The van der Waals surface area contributed by atoms with Gasteiger partial charge in [-0.1, -0.05) is 24.3 Å². The molecule has 0 radical (unpaired) electrons. The number of benzene rings is 2. The zero-order valence-corrected chi connectivity index (χ0v) is 19.2. The highest BCUT2D eigenvalue weighted by Gasteiger charge is 2.46. The van der Waals surface area contributed by atoms with Gasteiger partial charge in [0.1, 0.15) is 17.3 Å². The number of likely N-dealkylation sites (tertiary alicyclic amines) is 1. The van der Waals surface area contributed by atoms with Crippen LogP contribution in [-0.2, 0) is 9.59 Å². The molecule has 1 atom stereocenters. The number of hydrogen-bond donors (Lipinski definition) is 1. The van der Waals surface area contributed by atoms with Gasteiger partial charge in [0.25, 0.3) is 11.7 Å². The lowest BCUT2D eigenvalue weighted by Gasteiger charge is -2.27. The second-order valence-corrected chi connectivity index (χ2v) is 8.23. The van der Waals surface area contributed by atoms with Gasteiger partial charge in [-0.2, -0.15) is 0 Å². The van der Waals surface area contributed by atoms with Crippen LogP contribution >= 0.6 is 0 Å². The zero-order chi connectivity index (χ0) is 23.4. The van der Waals surface area contributed by atoms with Gasteiger partial charge in [-0.05, 0) is 57.8 Å². The Morgan fingerprint density at radius 2 is 1.75 bits per heavy atom. The maximum atomic E-state index is 13.1. The molecule has 7 nitrogen and oxygen atoms in total. The zero-order valence-electron chi connectivity index (χ0n) is 19.2. The van der Waals surface area contributed by atoms with Crippen LogP contribution in [-0.4, -0.2) is 67.0 Å². The number of ether oxygens (including phenoxy) is 2. The number of likely N-dealkylation sites (N-methyl/N-ethyl adjacent to an activating group) is 1. The fourth-order valence-electron chi connectivity index (χ4n) is 3.75. The Balaban J connectivity index is 2.13. The normalized spacial score (nSPS) is 18.0. The number of para-hydroxylation sites is 1. The van der Waals surface area contributed by atoms with Gasteiger partial charge >= 0.3 is 0 Å². The summed E-state index contributed by atoms with van der Waals surface area (Å²) in [5, 5.41) is 11.2. The minimum Gasteiger partial charge on any atom is -0.507 e. The van der Waals surface area contributed by atoms with Gasteiger partial charge in [0.05, 0.1) is 30.4 Å². The summed E-state index contributed by atoms with van der Waals surface area (Å²) in [5.74, 6) is -0.473. The van der Waals surface area contributed by atoms with E-state index in [2.05, 4.69) is 0 Å². The molecule has 2 aromatic carbocycles. The lowest BCUT2D eigenvalue weighted by Crippen LogP contribution is -2.35. The standard InChI is InChI=1S/C25H30N2O5/c1-16(2)32-18-12-10-17(11-13-18)22-21(23(28)19-8-6-7-9-20(19)31-5)24(29)25(30)27(22)15-14-26(3)4/h6-13,16,22,28H,14-15H2,1-5H3/b23-21-. The van der Waals surface area contributed by atoms with Gasteiger partial charge in [0.2, 0.25) is 0 Å². The van der Waals surface area contributed by atoms with E-state index in [0.29, 0.717) is 30.2 Å². The molecule has 1 aliphatic rings. The summed E-state index contributed by atoms with van der Waals surface area (Å²) in [4.78, 5) is 29.5. The minimum absolute atomic E-state index is 0.0251. The van der Waals surface area contributed by atoms with Crippen molar-refractivity contribution in [2.24, 2.45) is 0 Å². The van der Waals surface area contributed by atoms with E-state index in [4.69, 9.17) is 9.47 Å². The van der Waals surface area contributed by atoms with E-state index in [1.54, 1.807) is 24.3 Å². The van der Waals surface area contributed by atoms with Gasteiger partial charge in [-0.3, -0.25) is 9.59 Å². The van der Waals surface area contributed by atoms with Crippen molar-refractivity contribution in [1.82, 2.24) is 9.80 Å². The number of Topliss-reactive ketones (excluding diaryl/α,β-unsaturated/α-hetero) is 1. The molecule has 1 saturated heterocycles. The van der Waals surface area contributed by atoms with Crippen LogP contribution in [0.3, 0.4) is 0 Å². The average molecular weight is 439 g/mol. The minimum atomic E-state index is -0.715. The highest BCUT2D eigenvalue weighted by molar-refractivity contribution is 6.46. The number of hydrogen-bond acceptors (Lipinski definition) is 6. The number of rotatable bonds is 8. The Bertz CT molecular complexity index is 1010. The van der Waals surface area contributed by atoms with Crippen LogP contribution in [0.5, 0.6) is 11.5 Å². The van der Waals surface area contributed by atoms with E-state index in [-0.39, 0.29) is 17.4 Å². The van der Waals surface area contributed by atoms with Crippen LogP contribution in [0.25, 0.3) is 5.76 Å². The molecule has 170 valence electrons. The molecule has 1 N–H and O–H groups in total. The number of nitrogens with zero attached hydrogens (tertiary/aromatic N) is 2. The molecular weight excluding hydrogens is 408 g/mol. The number of methoxy groups -OCH3 is 1. The van der Waals surface area contributed by atoms with Gasteiger partial charge in [-0.25, -0.2) is 0 Å². The van der Waals surface area contributed by atoms with E-state index in [1.165, 1.54) is 12.0 Å². The second kappa shape index (κ2) is 9.87. The summed E-state index contributed by atoms with van der Waals surface area (Å²) in [6.07, 6.45) is 0.0251. The Labute approximate surface area is 188 Å². The summed E-state index contributed by atoms with van der Waals surface area (Å²) in [5.41, 5.74) is 1.14. The molecule has 32 heavy (non-hydrogen) atoms. The Hall–Kier alpha value is -3.32. The van der Waals surface area contributed by atoms with Crippen LogP contribution in [0.4, 0.5) is 0 Å². The van der Waals surface area contributed by atoms with E-state index in [0.717, 1.165) is 5.56 Å². The lowest BCUT2D eigenvalue weighted by atomic mass is 9.95. The maximum Gasteiger partial charge on any atom is 0.295 e. The molecule has 3 rings (SSSR count). The second-order valence-electron chi connectivity index (χ2n) is 8.23. The molecule has 1 heterocycles. The Morgan fingerprint density at radius 3 is 2.34 bits per heavy atom. The monoisotopic (exact) mass is 438 g/mol. The first-order valence-corrected chi connectivity index (χ1v) is 10.6. The molecule has 1 amide bonds. The lowest BCUT2D eigenvalue weighted by molar-refractivity contribution is -0.140. The molecule has 0 spiro atoms. The number of ketones is 1. The summed E-state index contributed by atoms with van der Waals surface area (Å²) < 4.78 is 11.1. The predicted octanol–water partition coefficient (Wildman–Crippen LogP) is 3.47. The van der Waals surface area contributed by atoms with Crippen LogP contribution in [0.2, 0.25) is 0 Å². The highest BCUT2D eigenvalue weighted by atomic mass is 16.5. The summed E-state index contributed by atoms with van der Waals surface area (Å²) >= 11 is 0. The first kappa shape index (κ1) is 23.3. The van der Waals surface area contributed by atoms with Crippen molar-refractivity contribution in [2.45, 2.75) is 26.0 Å². The molecule has 1 fully saturated rings. The Kier molecular flexibility index (Phi) is 7.20. The largest absolute Gasteiger partial charge is 0.507 e. The fraction of sp³-hybridized carbons (Fsp3) is 0.360. The topological polar surface area (TPSA) is 79.3 Å². The molecule has 2 aromatic rings. The number of carbonyl (C=O) groups excluding carboxylic acids is 2. The van der Waals surface area contributed by atoms with Crippen molar-refractivity contribution in [3.05, 3.63) is 65.2 Å². The van der Waals surface area contributed by atoms with Crippen LogP contribution < -0.4 is 9.47 Å². The highest BCUT2D eigenvalue weighted by Crippen LogP contribution is 2.41. The molecule has 7 heteroatoms. The van der Waals surface area contributed by atoms with Crippen LogP contribution in [0.15, 0.2) is 54.1 Å². The summed E-state index contributed by atoms with van der Waals surface area (Å²) in [6, 6.07) is 13.4. The van der Waals surface area contributed by atoms with Crippen molar-refractivity contribution in [3.8, 4) is 11.5 Å². The third-order valence-corrected chi connectivity index (χ3v) is 5.26. The molecule has 0 aliphatic carbocycles. The van der Waals surface area contributed by atoms with E-state index >= 15 is 0 Å². The molecule has 0 aromatic heterocycles. The number of aliphatic hydroxyl groups excluding tert-OH is 1. The molecular formula is C25H30N2O5. The number of amides is 1. The van der Waals surface area contributed by atoms with Gasteiger partial charge in [0, 0.05) is 13.1 Å². The molecule has 1 unspecified atom stereocenters. The molecule has 0 saturated carbocycles. The van der Waals surface area contributed by atoms with Crippen molar-refractivity contribution in [1.29, 1.82) is 0 Å². The van der Waals surface area contributed by atoms with Crippen molar-refractivity contribution >= 4 is 17.4 Å². The van der Waals surface area contributed by atoms with Gasteiger partial charge in [0.15, 0.2) is 0 Å². The van der Waals surface area contributed by atoms with Crippen LogP contribution in [0, 0.1) is 0 Å². The smallest absolute Gasteiger partial charge is 0.295 e. The van der Waals surface area contributed by atoms with Crippen LogP contribution in [0.1, 0.15) is 31.0 Å². The molecule has 1 aliphatic heterocycles. The third kappa shape index (κ3) is 4.78. The van der Waals surface area contributed by atoms with Gasteiger partial charge < -0.3 is 24.4 Å². The SMILES string of the molecule is COc1ccccc1/C(O)=C1/C(=O)C(=O)N(CCN(C)C)C1c1ccc(OC(C)C)cc1. The average Bonchev–Trinajstić information content (AvgIpc) is 3.02. The predicted molar refractivity (Wildman–Crippen MR) is 123 cm³/mol. The van der Waals surface area contributed by atoms with Crippen molar-refractivity contribution < 1.29 is 24.2 Å². The first-order chi connectivity index (χ1) is 15.2. The van der Waals surface area contributed by atoms with Crippen molar-refractivity contribution in [2.75, 3.05) is 34.3 Å².